The smallest absolute Gasteiger partial charge is 0.257 e. The summed E-state index contributed by atoms with van der Waals surface area (Å²) in [5, 5.41) is 0. The van der Waals surface area contributed by atoms with E-state index >= 15 is 0 Å². The molecule has 0 radical (unpaired) electrons. The molecule has 5 nitrogen and oxygen atoms in total. The van der Waals surface area contributed by atoms with Crippen LogP contribution in [0.15, 0.2) is 72.8 Å². The van der Waals surface area contributed by atoms with Crippen molar-refractivity contribution in [2.45, 2.75) is 19.9 Å². The Hall–Kier alpha value is -3.67. The molecule has 1 heterocycles. The Morgan fingerprint density at radius 2 is 1.81 bits per heavy atom. The van der Waals surface area contributed by atoms with Gasteiger partial charge in [-0.25, -0.2) is 9.37 Å². The molecular weight excluding hydrogens is 393 g/mol. The van der Waals surface area contributed by atoms with E-state index < -0.39 is 5.82 Å². The maximum absolute atomic E-state index is 14.6. The normalized spacial score (nSPS) is 10.9. The van der Waals surface area contributed by atoms with Crippen molar-refractivity contribution in [3.05, 3.63) is 90.0 Å². The summed E-state index contributed by atoms with van der Waals surface area (Å²) in [4.78, 5) is 19.7. The first-order valence-corrected chi connectivity index (χ1v) is 10.3. The number of hydrogen-bond donors (Lipinski definition) is 0. The summed E-state index contributed by atoms with van der Waals surface area (Å²) in [6, 6.07) is 22.1. The van der Waals surface area contributed by atoms with Crippen molar-refractivity contribution in [3.63, 3.8) is 0 Å². The zero-order valence-electron chi connectivity index (χ0n) is 17.6. The van der Waals surface area contributed by atoms with Gasteiger partial charge in [-0.2, -0.15) is 0 Å². The highest BCUT2D eigenvalue weighted by molar-refractivity contribution is 5.94. The molecule has 3 aromatic carbocycles. The number of carbonyl (C=O) groups excluding carboxylic acids is 1. The molecule has 0 aliphatic heterocycles. The SMILES string of the molecule is CCCN(Cc1nc2ccccc2n1-c1ccccc1)C(=O)c1ccc(OC)cc1F. The summed E-state index contributed by atoms with van der Waals surface area (Å²) in [5.41, 5.74) is 2.80. The van der Waals surface area contributed by atoms with Crippen LogP contribution in [-0.2, 0) is 6.54 Å². The Kier molecular flexibility index (Phi) is 5.98. The van der Waals surface area contributed by atoms with Gasteiger partial charge in [-0.15, -0.1) is 0 Å². The van der Waals surface area contributed by atoms with Crippen LogP contribution in [0.4, 0.5) is 4.39 Å². The van der Waals surface area contributed by atoms with Crippen LogP contribution < -0.4 is 4.74 Å². The van der Waals surface area contributed by atoms with E-state index in [-0.39, 0.29) is 18.0 Å². The largest absolute Gasteiger partial charge is 0.497 e. The topological polar surface area (TPSA) is 47.4 Å². The number of hydrogen-bond acceptors (Lipinski definition) is 3. The van der Waals surface area contributed by atoms with Gasteiger partial charge in [-0.05, 0) is 42.8 Å². The number of rotatable bonds is 7. The van der Waals surface area contributed by atoms with E-state index in [0.29, 0.717) is 12.3 Å². The lowest BCUT2D eigenvalue weighted by Crippen LogP contribution is -2.33. The highest BCUT2D eigenvalue weighted by Crippen LogP contribution is 2.24. The predicted molar refractivity (Wildman–Crippen MR) is 119 cm³/mol. The Morgan fingerprint density at radius 1 is 1.06 bits per heavy atom. The molecule has 0 spiro atoms. The fourth-order valence-corrected chi connectivity index (χ4v) is 3.71. The standard InChI is InChI=1S/C25H24FN3O2/c1-3-15-28(25(30)20-14-13-19(31-2)16-21(20)26)17-24-27-22-11-7-8-12-23(22)29(24)18-9-5-4-6-10-18/h4-14,16H,3,15,17H2,1-2H3. The zero-order chi connectivity index (χ0) is 21.8. The van der Waals surface area contributed by atoms with E-state index in [2.05, 4.69) is 4.57 Å². The minimum absolute atomic E-state index is 0.0247. The maximum Gasteiger partial charge on any atom is 0.257 e. The fourth-order valence-electron chi connectivity index (χ4n) is 3.71. The van der Waals surface area contributed by atoms with Crippen molar-refractivity contribution in [1.82, 2.24) is 14.5 Å². The van der Waals surface area contributed by atoms with Crippen molar-refractivity contribution < 1.29 is 13.9 Å². The molecule has 1 amide bonds. The molecular formula is C25H24FN3O2. The molecule has 0 N–H and O–H groups in total. The zero-order valence-corrected chi connectivity index (χ0v) is 17.6. The molecule has 31 heavy (non-hydrogen) atoms. The lowest BCUT2D eigenvalue weighted by Gasteiger charge is -2.23. The number of halogens is 1. The quantitative estimate of drug-likeness (QED) is 0.414. The summed E-state index contributed by atoms with van der Waals surface area (Å²) in [6.45, 7) is 2.74. The Labute approximate surface area is 180 Å². The van der Waals surface area contributed by atoms with E-state index in [9.17, 15) is 9.18 Å². The Bertz CT molecular complexity index is 1200. The minimum atomic E-state index is -0.595. The Balaban J connectivity index is 1.74. The van der Waals surface area contributed by atoms with Crippen molar-refractivity contribution in [2.24, 2.45) is 0 Å². The number of para-hydroxylation sites is 3. The van der Waals surface area contributed by atoms with Crippen LogP contribution in [0.5, 0.6) is 5.75 Å². The fraction of sp³-hybridized carbons (Fsp3) is 0.200. The molecule has 0 fully saturated rings. The summed E-state index contributed by atoms with van der Waals surface area (Å²) in [7, 11) is 1.47. The van der Waals surface area contributed by atoms with Gasteiger partial charge in [0.05, 0.1) is 30.3 Å². The molecule has 0 aliphatic rings. The number of nitrogens with zero attached hydrogens (tertiary/aromatic N) is 3. The summed E-state index contributed by atoms with van der Waals surface area (Å²) < 4.78 is 21.7. The average Bonchev–Trinajstić information content (AvgIpc) is 3.16. The van der Waals surface area contributed by atoms with E-state index in [1.807, 2.05) is 61.5 Å². The second-order valence-electron chi connectivity index (χ2n) is 7.26. The lowest BCUT2D eigenvalue weighted by atomic mass is 10.1. The number of amides is 1. The molecule has 0 atom stereocenters. The molecule has 0 saturated heterocycles. The Morgan fingerprint density at radius 3 is 2.52 bits per heavy atom. The third-order valence-electron chi connectivity index (χ3n) is 5.16. The number of imidazole rings is 1. The van der Waals surface area contributed by atoms with Gasteiger partial charge in [0.25, 0.3) is 5.91 Å². The summed E-state index contributed by atoms with van der Waals surface area (Å²) in [6.07, 6.45) is 0.745. The van der Waals surface area contributed by atoms with Crippen molar-refractivity contribution >= 4 is 16.9 Å². The number of benzene rings is 3. The van der Waals surface area contributed by atoms with Crippen LogP contribution in [0.1, 0.15) is 29.5 Å². The van der Waals surface area contributed by atoms with E-state index in [0.717, 1.165) is 29.0 Å². The first-order valence-electron chi connectivity index (χ1n) is 10.3. The molecule has 4 aromatic rings. The van der Waals surface area contributed by atoms with Crippen LogP contribution in [-0.4, -0.2) is 34.0 Å². The van der Waals surface area contributed by atoms with Crippen LogP contribution in [0.3, 0.4) is 0 Å². The number of carbonyl (C=O) groups is 1. The van der Waals surface area contributed by atoms with E-state index in [4.69, 9.17) is 9.72 Å². The molecule has 0 saturated carbocycles. The molecule has 158 valence electrons. The van der Waals surface area contributed by atoms with Crippen molar-refractivity contribution in [3.8, 4) is 11.4 Å². The van der Waals surface area contributed by atoms with Crippen molar-refractivity contribution in [2.75, 3.05) is 13.7 Å². The van der Waals surface area contributed by atoms with Gasteiger partial charge in [-0.3, -0.25) is 9.36 Å². The number of methoxy groups -OCH3 is 1. The molecule has 4 rings (SSSR count). The van der Waals surface area contributed by atoms with E-state index in [1.54, 1.807) is 11.0 Å². The average molecular weight is 417 g/mol. The predicted octanol–water partition coefficient (Wildman–Crippen LogP) is 5.23. The van der Waals surface area contributed by atoms with Crippen LogP contribution in [0.25, 0.3) is 16.7 Å². The van der Waals surface area contributed by atoms with Crippen LogP contribution >= 0.6 is 0 Å². The molecule has 0 bridgehead atoms. The van der Waals surface area contributed by atoms with Gasteiger partial charge in [0.15, 0.2) is 0 Å². The molecule has 0 aliphatic carbocycles. The maximum atomic E-state index is 14.6. The molecule has 0 unspecified atom stereocenters. The second-order valence-corrected chi connectivity index (χ2v) is 7.26. The third-order valence-corrected chi connectivity index (χ3v) is 5.16. The van der Waals surface area contributed by atoms with Gasteiger partial charge in [0, 0.05) is 18.3 Å². The highest BCUT2D eigenvalue weighted by atomic mass is 19.1. The van der Waals surface area contributed by atoms with Crippen LogP contribution in [0, 0.1) is 5.82 Å². The first kappa shape index (κ1) is 20.6. The van der Waals surface area contributed by atoms with Gasteiger partial charge in [0.2, 0.25) is 0 Å². The highest BCUT2D eigenvalue weighted by Gasteiger charge is 2.22. The van der Waals surface area contributed by atoms with E-state index in [1.165, 1.54) is 19.2 Å². The minimum Gasteiger partial charge on any atom is -0.497 e. The first-order chi connectivity index (χ1) is 15.1. The van der Waals surface area contributed by atoms with Gasteiger partial charge in [-0.1, -0.05) is 37.3 Å². The number of aromatic nitrogens is 2. The van der Waals surface area contributed by atoms with Crippen molar-refractivity contribution in [1.29, 1.82) is 0 Å². The van der Waals surface area contributed by atoms with Gasteiger partial charge in [0.1, 0.15) is 17.4 Å². The van der Waals surface area contributed by atoms with Gasteiger partial charge >= 0.3 is 0 Å². The summed E-state index contributed by atoms with van der Waals surface area (Å²) in [5.74, 6) is 0.140. The number of ether oxygens (including phenoxy) is 1. The van der Waals surface area contributed by atoms with Crippen LogP contribution in [0.2, 0.25) is 0 Å². The second kappa shape index (κ2) is 9.00. The monoisotopic (exact) mass is 417 g/mol. The number of fused-ring (bicyclic) bond motifs is 1. The van der Waals surface area contributed by atoms with Gasteiger partial charge < -0.3 is 9.64 Å². The summed E-state index contributed by atoms with van der Waals surface area (Å²) >= 11 is 0. The molecule has 1 aromatic heterocycles. The molecule has 6 heteroatoms. The lowest BCUT2D eigenvalue weighted by molar-refractivity contribution is 0.0733. The third kappa shape index (κ3) is 4.14.